The Labute approximate surface area is 154 Å². The van der Waals surface area contributed by atoms with Crippen LogP contribution in [0, 0.1) is 22.7 Å². The molecule has 4 rings (SSSR count). The summed E-state index contributed by atoms with van der Waals surface area (Å²) in [5, 5.41) is 32.4. The predicted octanol–water partition coefficient (Wildman–Crippen LogP) is 1.93. The normalized spacial score (nSPS) is 50.5. The van der Waals surface area contributed by atoms with E-state index in [-0.39, 0.29) is 29.5 Å². The van der Waals surface area contributed by atoms with E-state index in [9.17, 15) is 24.9 Å². The molecule has 5 nitrogen and oxygen atoms in total. The molecule has 6 atom stereocenters. The van der Waals surface area contributed by atoms with Crippen LogP contribution in [0.4, 0.5) is 0 Å². The van der Waals surface area contributed by atoms with Gasteiger partial charge in [0.1, 0.15) is 12.2 Å². The van der Waals surface area contributed by atoms with Crippen molar-refractivity contribution in [2.45, 2.75) is 76.4 Å². The summed E-state index contributed by atoms with van der Waals surface area (Å²) in [7, 11) is 0. The number of hydrogen-bond acceptors (Lipinski definition) is 5. The summed E-state index contributed by atoms with van der Waals surface area (Å²) < 4.78 is 0. The Balaban J connectivity index is 1.75. The minimum atomic E-state index is -1.65. The van der Waals surface area contributed by atoms with Gasteiger partial charge < -0.3 is 15.3 Å². The molecule has 0 bridgehead atoms. The van der Waals surface area contributed by atoms with Crippen LogP contribution in [0.15, 0.2) is 11.6 Å². The first-order valence-corrected chi connectivity index (χ1v) is 9.95. The third kappa shape index (κ3) is 1.97. The number of fused-ring (bicyclic) bond motifs is 5. The molecular weight excluding hydrogens is 332 g/mol. The van der Waals surface area contributed by atoms with Gasteiger partial charge in [-0.05, 0) is 68.3 Å². The molecular formula is C21H30O5. The van der Waals surface area contributed by atoms with E-state index in [0.29, 0.717) is 19.3 Å². The van der Waals surface area contributed by atoms with E-state index in [4.69, 9.17) is 0 Å². The van der Waals surface area contributed by atoms with Gasteiger partial charge in [-0.15, -0.1) is 0 Å². The van der Waals surface area contributed by atoms with Gasteiger partial charge in [0.25, 0.3) is 0 Å². The molecule has 3 fully saturated rings. The molecule has 0 aromatic heterocycles. The van der Waals surface area contributed by atoms with Crippen LogP contribution >= 0.6 is 0 Å². The Morgan fingerprint density at radius 2 is 1.81 bits per heavy atom. The molecule has 144 valence electrons. The number of aliphatic hydroxyl groups excluding tert-OH is 1. The molecule has 3 saturated carbocycles. The summed E-state index contributed by atoms with van der Waals surface area (Å²) in [6, 6.07) is 0. The SMILES string of the molecule is CC12CCC(=O)C=C1CCC1C2CCC2(C)C(O)(C(=O)CO)CCC12O. The zero-order valence-electron chi connectivity index (χ0n) is 15.8. The van der Waals surface area contributed by atoms with Gasteiger partial charge in [0, 0.05) is 11.8 Å². The highest BCUT2D eigenvalue weighted by Crippen LogP contribution is 2.69. The van der Waals surface area contributed by atoms with Gasteiger partial charge in [-0.2, -0.15) is 0 Å². The molecule has 0 heterocycles. The lowest BCUT2D eigenvalue weighted by atomic mass is 9.44. The Morgan fingerprint density at radius 3 is 2.50 bits per heavy atom. The number of aliphatic hydroxyl groups is 3. The number of carbonyl (C=O) groups excluding carboxylic acids is 2. The lowest BCUT2D eigenvalue weighted by molar-refractivity contribution is -0.217. The molecule has 0 saturated heterocycles. The standard InChI is InChI=1S/C21H30O5/c1-18-7-5-14(23)11-13(18)3-4-16-15(18)6-8-19(2)20(16,25)9-10-21(19,26)17(24)12-22/h11,15-16,22,25-26H,3-10,12H2,1-2H3. The molecule has 0 radical (unpaired) electrons. The van der Waals surface area contributed by atoms with E-state index in [0.717, 1.165) is 25.7 Å². The van der Waals surface area contributed by atoms with E-state index in [1.54, 1.807) is 0 Å². The second-order valence-electron chi connectivity index (χ2n) is 9.54. The van der Waals surface area contributed by atoms with Crippen LogP contribution in [0.25, 0.3) is 0 Å². The number of ketones is 2. The fourth-order valence-electron chi connectivity index (χ4n) is 7.12. The number of rotatable bonds is 2. The van der Waals surface area contributed by atoms with E-state index in [1.165, 1.54) is 5.57 Å². The quantitative estimate of drug-likeness (QED) is 0.698. The van der Waals surface area contributed by atoms with E-state index >= 15 is 0 Å². The van der Waals surface area contributed by atoms with Crippen molar-refractivity contribution in [1.82, 2.24) is 0 Å². The Hall–Kier alpha value is -1.04. The van der Waals surface area contributed by atoms with Crippen molar-refractivity contribution in [3.8, 4) is 0 Å². The van der Waals surface area contributed by atoms with Crippen LogP contribution in [-0.2, 0) is 9.59 Å². The highest BCUT2D eigenvalue weighted by molar-refractivity contribution is 5.92. The molecule has 0 aromatic rings. The van der Waals surface area contributed by atoms with Gasteiger partial charge >= 0.3 is 0 Å². The van der Waals surface area contributed by atoms with Crippen molar-refractivity contribution < 1.29 is 24.9 Å². The average molecular weight is 362 g/mol. The molecule has 3 N–H and O–H groups in total. The number of hydrogen-bond donors (Lipinski definition) is 3. The van der Waals surface area contributed by atoms with Crippen molar-refractivity contribution in [3.63, 3.8) is 0 Å². The van der Waals surface area contributed by atoms with Gasteiger partial charge in [-0.1, -0.05) is 19.4 Å². The van der Waals surface area contributed by atoms with Gasteiger partial charge in [-0.25, -0.2) is 0 Å². The fraction of sp³-hybridized carbons (Fsp3) is 0.810. The topological polar surface area (TPSA) is 94.8 Å². The Kier molecular flexibility index (Phi) is 3.87. The van der Waals surface area contributed by atoms with Crippen molar-refractivity contribution in [1.29, 1.82) is 0 Å². The monoisotopic (exact) mass is 362 g/mol. The highest BCUT2D eigenvalue weighted by atomic mass is 16.3. The van der Waals surface area contributed by atoms with Crippen molar-refractivity contribution in [2.75, 3.05) is 6.61 Å². The van der Waals surface area contributed by atoms with Crippen molar-refractivity contribution >= 4 is 11.6 Å². The summed E-state index contributed by atoms with van der Waals surface area (Å²) in [5.74, 6) is -0.0864. The Bertz CT molecular complexity index is 699. The molecule has 0 amide bonds. The second kappa shape index (κ2) is 5.49. The second-order valence-corrected chi connectivity index (χ2v) is 9.54. The zero-order valence-corrected chi connectivity index (χ0v) is 15.8. The van der Waals surface area contributed by atoms with Crippen LogP contribution in [0.2, 0.25) is 0 Å². The predicted molar refractivity (Wildman–Crippen MR) is 95.2 cm³/mol. The molecule has 4 aliphatic rings. The lowest BCUT2D eigenvalue weighted by Gasteiger charge is -2.62. The fourth-order valence-corrected chi connectivity index (χ4v) is 7.12. The van der Waals surface area contributed by atoms with E-state index in [2.05, 4.69) is 6.92 Å². The van der Waals surface area contributed by atoms with Crippen molar-refractivity contribution in [2.24, 2.45) is 22.7 Å². The molecule has 6 unspecified atom stereocenters. The molecule has 0 spiro atoms. The van der Waals surface area contributed by atoms with Crippen LogP contribution in [-0.4, -0.2) is 44.7 Å². The zero-order chi connectivity index (χ0) is 19.0. The minimum Gasteiger partial charge on any atom is -0.389 e. The van der Waals surface area contributed by atoms with E-state index < -0.39 is 29.0 Å². The first-order chi connectivity index (χ1) is 12.1. The first-order valence-electron chi connectivity index (χ1n) is 9.95. The molecule has 5 heteroatoms. The molecule has 4 aliphatic carbocycles. The maximum atomic E-state index is 12.4. The molecule has 0 aromatic carbocycles. The van der Waals surface area contributed by atoms with Crippen LogP contribution in [0.1, 0.15) is 65.2 Å². The average Bonchev–Trinajstić information content (AvgIpc) is 2.84. The third-order valence-corrected chi connectivity index (χ3v) is 8.90. The smallest absolute Gasteiger partial charge is 0.190 e. The van der Waals surface area contributed by atoms with Crippen LogP contribution in [0.5, 0.6) is 0 Å². The minimum absolute atomic E-state index is 0.0112. The van der Waals surface area contributed by atoms with Crippen LogP contribution in [0.3, 0.4) is 0 Å². The summed E-state index contributed by atoms with van der Waals surface area (Å²) in [4.78, 5) is 24.3. The number of allylic oxidation sites excluding steroid dienone is 1. The van der Waals surface area contributed by atoms with Gasteiger partial charge in [0.15, 0.2) is 11.6 Å². The van der Waals surface area contributed by atoms with Gasteiger partial charge in [0.2, 0.25) is 0 Å². The molecule has 0 aliphatic heterocycles. The maximum Gasteiger partial charge on any atom is 0.190 e. The highest BCUT2D eigenvalue weighted by Gasteiger charge is 2.72. The summed E-state index contributed by atoms with van der Waals surface area (Å²) in [5.41, 5.74) is -2.53. The van der Waals surface area contributed by atoms with Crippen molar-refractivity contribution in [3.05, 3.63) is 11.6 Å². The summed E-state index contributed by atoms with van der Waals surface area (Å²) >= 11 is 0. The maximum absolute atomic E-state index is 12.4. The number of carbonyl (C=O) groups is 2. The largest absolute Gasteiger partial charge is 0.389 e. The third-order valence-electron chi connectivity index (χ3n) is 8.90. The van der Waals surface area contributed by atoms with Gasteiger partial charge in [0.05, 0.1) is 5.60 Å². The lowest BCUT2D eigenvalue weighted by Crippen LogP contribution is -2.66. The number of Topliss-reactive ketones (excluding diaryl/α,β-unsaturated/α-hetero) is 1. The van der Waals surface area contributed by atoms with Crippen LogP contribution < -0.4 is 0 Å². The Morgan fingerprint density at radius 1 is 1.08 bits per heavy atom. The summed E-state index contributed by atoms with van der Waals surface area (Å²) in [6.45, 7) is 3.37. The summed E-state index contributed by atoms with van der Waals surface area (Å²) in [6.07, 6.45) is 6.79. The first kappa shape index (κ1) is 18.3. The van der Waals surface area contributed by atoms with Gasteiger partial charge in [-0.3, -0.25) is 9.59 Å². The molecule has 26 heavy (non-hydrogen) atoms. The van der Waals surface area contributed by atoms with E-state index in [1.807, 2.05) is 13.0 Å².